The highest BCUT2D eigenvalue weighted by atomic mass is 16.3. The first-order valence-corrected chi connectivity index (χ1v) is 6.44. The minimum atomic E-state index is -0.733. The molecule has 1 aliphatic heterocycles. The molecule has 2 aliphatic rings. The molecule has 1 heterocycles. The van der Waals surface area contributed by atoms with E-state index in [1.807, 2.05) is 0 Å². The first-order valence-electron chi connectivity index (χ1n) is 6.44. The molecule has 0 radical (unpaired) electrons. The van der Waals surface area contributed by atoms with Gasteiger partial charge in [0.25, 0.3) is 0 Å². The topological polar surface area (TPSA) is 47.3 Å². The second-order valence-corrected chi connectivity index (χ2v) is 5.59. The van der Waals surface area contributed by atoms with E-state index in [2.05, 4.69) is 18.0 Å². The Labute approximate surface area is 98.1 Å². The molecule has 1 N–H and O–H groups in total. The lowest BCUT2D eigenvalue weighted by atomic mass is 9.68. The molecule has 1 atom stereocenters. The molecule has 1 aliphatic carbocycles. The molecule has 1 saturated carbocycles. The molecule has 2 rings (SSSR count). The monoisotopic (exact) mass is 222 g/mol. The number of nitriles is 1. The maximum atomic E-state index is 10.9. The Morgan fingerprint density at radius 1 is 1.06 bits per heavy atom. The fourth-order valence-corrected chi connectivity index (χ4v) is 3.39. The number of rotatable bonds is 1. The van der Waals surface area contributed by atoms with Gasteiger partial charge in [-0.1, -0.05) is 12.8 Å². The summed E-state index contributed by atoms with van der Waals surface area (Å²) >= 11 is 0. The Hall–Kier alpha value is -0.590. The van der Waals surface area contributed by atoms with E-state index in [9.17, 15) is 10.4 Å². The van der Waals surface area contributed by atoms with E-state index in [-0.39, 0.29) is 0 Å². The van der Waals surface area contributed by atoms with E-state index in [1.54, 1.807) is 0 Å². The number of hydrogen-bond donors (Lipinski definition) is 1. The van der Waals surface area contributed by atoms with Crippen molar-refractivity contribution in [2.45, 2.75) is 50.5 Å². The van der Waals surface area contributed by atoms with Crippen molar-refractivity contribution in [3.8, 4) is 6.07 Å². The Bertz CT molecular complexity index is 291. The van der Waals surface area contributed by atoms with Crippen molar-refractivity contribution in [2.75, 3.05) is 20.1 Å². The van der Waals surface area contributed by atoms with Crippen molar-refractivity contribution in [1.29, 1.82) is 5.26 Å². The highest BCUT2D eigenvalue weighted by Crippen LogP contribution is 2.50. The van der Waals surface area contributed by atoms with E-state index in [4.69, 9.17) is 0 Å². The molecular formula is C13H22N2O. The first kappa shape index (κ1) is 11.9. The van der Waals surface area contributed by atoms with Crippen LogP contribution < -0.4 is 0 Å². The van der Waals surface area contributed by atoms with Gasteiger partial charge in [-0.2, -0.15) is 5.26 Å². The second-order valence-electron chi connectivity index (χ2n) is 5.59. The van der Waals surface area contributed by atoms with Gasteiger partial charge in [-0.15, -0.1) is 0 Å². The normalized spacial score (nSPS) is 35.6. The second kappa shape index (κ2) is 4.35. The largest absolute Gasteiger partial charge is 0.388 e. The molecule has 1 saturated heterocycles. The minimum absolute atomic E-state index is 0.446. The third-order valence-electron chi connectivity index (χ3n) is 4.60. The summed E-state index contributed by atoms with van der Waals surface area (Å²) in [4.78, 5) is 2.26. The van der Waals surface area contributed by atoms with Crippen molar-refractivity contribution in [3.63, 3.8) is 0 Å². The lowest BCUT2D eigenvalue weighted by Crippen LogP contribution is -2.46. The Kier molecular flexibility index (Phi) is 3.23. The summed E-state index contributed by atoms with van der Waals surface area (Å²) in [5.41, 5.74) is -1.18. The van der Waals surface area contributed by atoms with Crippen LogP contribution >= 0.6 is 0 Å². The molecule has 0 aromatic carbocycles. The van der Waals surface area contributed by atoms with Crippen LogP contribution in [0.5, 0.6) is 0 Å². The molecule has 0 spiro atoms. The van der Waals surface area contributed by atoms with Crippen LogP contribution in [-0.2, 0) is 0 Å². The van der Waals surface area contributed by atoms with Gasteiger partial charge in [-0.05, 0) is 45.7 Å². The predicted octanol–water partition coefficient (Wildman–Crippen LogP) is 1.92. The van der Waals surface area contributed by atoms with E-state index >= 15 is 0 Å². The smallest absolute Gasteiger partial charge is 0.0860 e. The molecule has 3 heteroatoms. The van der Waals surface area contributed by atoms with E-state index in [1.165, 1.54) is 0 Å². The van der Waals surface area contributed by atoms with Crippen LogP contribution in [0.1, 0.15) is 44.9 Å². The SMILES string of the molecule is CN1CCCC(O)(C2(C#N)CCCC2)CC1. The van der Waals surface area contributed by atoms with Gasteiger partial charge in [0.05, 0.1) is 17.1 Å². The average molecular weight is 222 g/mol. The summed E-state index contributed by atoms with van der Waals surface area (Å²) in [5.74, 6) is 0. The van der Waals surface area contributed by atoms with Gasteiger partial charge in [0, 0.05) is 6.54 Å². The van der Waals surface area contributed by atoms with Gasteiger partial charge in [0.15, 0.2) is 0 Å². The molecule has 0 amide bonds. The number of hydrogen-bond acceptors (Lipinski definition) is 3. The standard InChI is InChI=1S/C13H22N2O/c1-15-9-4-7-13(16,8-10-15)12(11-14)5-2-3-6-12/h16H,2-10H2,1H3. The van der Waals surface area contributed by atoms with Crippen LogP contribution in [0.3, 0.4) is 0 Å². The third kappa shape index (κ3) is 1.85. The van der Waals surface area contributed by atoms with Crippen LogP contribution in [0, 0.1) is 16.7 Å². The molecular weight excluding hydrogens is 200 g/mol. The average Bonchev–Trinajstić information content (AvgIpc) is 2.70. The van der Waals surface area contributed by atoms with Crippen LogP contribution in [0.15, 0.2) is 0 Å². The summed E-state index contributed by atoms with van der Waals surface area (Å²) in [7, 11) is 2.10. The van der Waals surface area contributed by atoms with Gasteiger partial charge < -0.3 is 10.0 Å². The first-order chi connectivity index (χ1) is 7.62. The molecule has 16 heavy (non-hydrogen) atoms. The van der Waals surface area contributed by atoms with Crippen LogP contribution in [0.4, 0.5) is 0 Å². The van der Waals surface area contributed by atoms with Crippen LogP contribution in [-0.4, -0.2) is 35.7 Å². The van der Waals surface area contributed by atoms with Crippen LogP contribution in [0.25, 0.3) is 0 Å². The van der Waals surface area contributed by atoms with Crippen molar-refractivity contribution < 1.29 is 5.11 Å². The molecule has 0 bridgehead atoms. The number of nitrogens with zero attached hydrogens (tertiary/aromatic N) is 2. The highest BCUT2D eigenvalue weighted by molar-refractivity contribution is 5.14. The molecule has 0 aromatic heterocycles. The maximum absolute atomic E-state index is 10.9. The summed E-state index contributed by atoms with van der Waals surface area (Å²) < 4.78 is 0. The van der Waals surface area contributed by atoms with E-state index in [0.717, 1.165) is 58.0 Å². The molecule has 0 aromatic rings. The molecule has 2 fully saturated rings. The van der Waals surface area contributed by atoms with Gasteiger partial charge in [0.1, 0.15) is 0 Å². The molecule has 1 unspecified atom stereocenters. The summed E-state index contributed by atoms with van der Waals surface area (Å²) in [6.45, 7) is 1.96. The fraction of sp³-hybridized carbons (Fsp3) is 0.923. The van der Waals surface area contributed by atoms with Gasteiger partial charge in [0.2, 0.25) is 0 Å². The Balaban J connectivity index is 2.19. The minimum Gasteiger partial charge on any atom is -0.388 e. The fourth-order valence-electron chi connectivity index (χ4n) is 3.39. The summed E-state index contributed by atoms with van der Waals surface area (Å²) in [6.07, 6.45) is 6.56. The molecule has 3 nitrogen and oxygen atoms in total. The Morgan fingerprint density at radius 2 is 1.75 bits per heavy atom. The number of aliphatic hydroxyl groups is 1. The lowest BCUT2D eigenvalue weighted by molar-refractivity contribution is -0.0637. The van der Waals surface area contributed by atoms with Crippen molar-refractivity contribution in [1.82, 2.24) is 4.90 Å². The third-order valence-corrected chi connectivity index (χ3v) is 4.60. The Morgan fingerprint density at radius 3 is 2.38 bits per heavy atom. The summed E-state index contributed by atoms with van der Waals surface area (Å²) in [6, 6.07) is 2.46. The zero-order chi connectivity index (χ0) is 11.6. The van der Waals surface area contributed by atoms with Gasteiger partial charge in [-0.3, -0.25) is 0 Å². The van der Waals surface area contributed by atoms with Crippen molar-refractivity contribution in [3.05, 3.63) is 0 Å². The van der Waals surface area contributed by atoms with E-state index in [0.29, 0.717) is 0 Å². The molecule has 90 valence electrons. The zero-order valence-electron chi connectivity index (χ0n) is 10.2. The lowest BCUT2D eigenvalue weighted by Gasteiger charge is -2.40. The number of likely N-dealkylation sites (tertiary alicyclic amines) is 1. The zero-order valence-corrected chi connectivity index (χ0v) is 10.2. The van der Waals surface area contributed by atoms with Crippen molar-refractivity contribution >= 4 is 0 Å². The van der Waals surface area contributed by atoms with Gasteiger partial charge >= 0.3 is 0 Å². The van der Waals surface area contributed by atoms with Gasteiger partial charge in [-0.25, -0.2) is 0 Å². The summed E-state index contributed by atoms with van der Waals surface area (Å²) in [5, 5.41) is 20.3. The van der Waals surface area contributed by atoms with E-state index < -0.39 is 11.0 Å². The quantitative estimate of drug-likeness (QED) is 0.737. The van der Waals surface area contributed by atoms with Crippen molar-refractivity contribution in [2.24, 2.45) is 5.41 Å². The maximum Gasteiger partial charge on any atom is 0.0860 e. The highest BCUT2D eigenvalue weighted by Gasteiger charge is 2.52. The van der Waals surface area contributed by atoms with Crippen LogP contribution in [0.2, 0.25) is 0 Å². The predicted molar refractivity (Wildman–Crippen MR) is 62.8 cm³/mol.